The van der Waals surface area contributed by atoms with Gasteiger partial charge in [0.1, 0.15) is 0 Å². The molecule has 0 amide bonds. The van der Waals surface area contributed by atoms with E-state index in [0.717, 1.165) is 25.6 Å². The molecule has 0 unspecified atom stereocenters. The summed E-state index contributed by atoms with van der Waals surface area (Å²) in [6.07, 6.45) is 10.7. The number of terminal acetylenes is 1. The Hall–Kier alpha value is -0.520. The molecular weight excluding hydrogens is 184 g/mol. The second-order valence-corrected chi connectivity index (χ2v) is 4.44. The lowest BCUT2D eigenvalue weighted by molar-refractivity contribution is 0.287. The Morgan fingerprint density at radius 2 is 2.20 bits per heavy atom. The van der Waals surface area contributed by atoms with Crippen molar-refractivity contribution in [2.24, 2.45) is 5.92 Å². The Morgan fingerprint density at radius 1 is 1.40 bits per heavy atom. The Morgan fingerprint density at radius 3 is 2.80 bits per heavy atom. The van der Waals surface area contributed by atoms with Crippen molar-refractivity contribution < 1.29 is 0 Å². The Balaban J connectivity index is 2.00. The number of unbranched alkanes of at least 4 members (excludes halogenated alkanes) is 1. The molecule has 1 rings (SSSR count). The molecule has 1 fully saturated rings. The predicted molar refractivity (Wildman–Crippen MR) is 65.8 cm³/mol. The third-order valence-corrected chi connectivity index (χ3v) is 2.86. The SMILES string of the molecule is C#CCN(CCCCNCC)CC1CC1. The Labute approximate surface area is 94.4 Å². The standard InChI is InChI=1S/C13H24N2/c1-3-10-15(12-13-7-8-13)11-6-5-9-14-4-2/h1,13-14H,4-12H2,2H3. The zero-order valence-corrected chi connectivity index (χ0v) is 9.97. The van der Waals surface area contributed by atoms with Crippen molar-refractivity contribution in [1.29, 1.82) is 0 Å². The van der Waals surface area contributed by atoms with Crippen LogP contribution >= 0.6 is 0 Å². The second kappa shape index (κ2) is 7.73. The number of nitrogens with one attached hydrogen (secondary N) is 1. The average molecular weight is 208 g/mol. The largest absolute Gasteiger partial charge is 0.317 e. The van der Waals surface area contributed by atoms with E-state index in [0.29, 0.717) is 0 Å². The molecule has 0 aliphatic heterocycles. The van der Waals surface area contributed by atoms with Crippen molar-refractivity contribution in [3.05, 3.63) is 0 Å². The normalized spacial score (nSPS) is 15.5. The zero-order valence-electron chi connectivity index (χ0n) is 9.97. The number of hydrogen-bond acceptors (Lipinski definition) is 2. The van der Waals surface area contributed by atoms with E-state index in [-0.39, 0.29) is 0 Å². The van der Waals surface area contributed by atoms with Gasteiger partial charge in [0, 0.05) is 6.54 Å². The highest BCUT2D eigenvalue weighted by atomic mass is 15.1. The maximum atomic E-state index is 5.37. The fourth-order valence-electron chi connectivity index (χ4n) is 1.79. The number of rotatable bonds is 9. The third kappa shape index (κ3) is 6.54. The molecule has 86 valence electrons. The van der Waals surface area contributed by atoms with Crippen molar-refractivity contribution in [2.75, 3.05) is 32.7 Å². The average Bonchev–Trinajstić information content (AvgIpc) is 3.01. The van der Waals surface area contributed by atoms with Crippen molar-refractivity contribution in [3.63, 3.8) is 0 Å². The summed E-state index contributed by atoms with van der Waals surface area (Å²) in [6.45, 7) is 7.60. The third-order valence-electron chi connectivity index (χ3n) is 2.86. The molecule has 0 heterocycles. The molecule has 1 saturated carbocycles. The van der Waals surface area contributed by atoms with Crippen LogP contribution in [-0.2, 0) is 0 Å². The van der Waals surface area contributed by atoms with E-state index in [9.17, 15) is 0 Å². The molecule has 2 nitrogen and oxygen atoms in total. The van der Waals surface area contributed by atoms with Gasteiger partial charge in [0.25, 0.3) is 0 Å². The first-order valence-corrected chi connectivity index (χ1v) is 6.23. The zero-order chi connectivity index (χ0) is 10.9. The molecule has 0 aromatic carbocycles. The first kappa shape index (κ1) is 12.5. The van der Waals surface area contributed by atoms with Gasteiger partial charge in [0.05, 0.1) is 6.54 Å². The van der Waals surface area contributed by atoms with Crippen LogP contribution in [0.15, 0.2) is 0 Å². The van der Waals surface area contributed by atoms with Crippen LogP contribution in [0.4, 0.5) is 0 Å². The number of nitrogens with zero attached hydrogens (tertiary/aromatic N) is 1. The summed E-state index contributed by atoms with van der Waals surface area (Å²) in [4.78, 5) is 2.43. The molecule has 1 N–H and O–H groups in total. The lowest BCUT2D eigenvalue weighted by atomic mass is 10.2. The lowest BCUT2D eigenvalue weighted by Crippen LogP contribution is -2.28. The molecule has 0 bridgehead atoms. The van der Waals surface area contributed by atoms with Crippen molar-refractivity contribution in [1.82, 2.24) is 10.2 Å². The molecule has 0 aromatic rings. The van der Waals surface area contributed by atoms with Gasteiger partial charge in [-0.25, -0.2) is 0 Å². The van der Waals surface area contributed by atoms with Gasteiger partial charge in [-0.3, -0.25) is 4.90 Å². The van der Waals surface area contributed by atoms with Gasteiger partial charge < -0.3 is 5.32 Å². The van der Waals surface area contributed by atoms with E-state index in [1.807, 2.05) is 0 Å². The monoisotopic (exact) mass is 208 g/mol. The summed E-state index contributed by atoms with van der Waals surface area (Å²) in [5.41, 5.74) is 0. The summed E-state index contributed by atoms with van der Waals surface area (Å²) in [7, 11) is 0. The fraction of sp³-hybridized carbons (Fsp3) is 0.846. The molecule has 2 heteroatoms. The summed E-state index contributed by atoms with van der Waals surface area (Å²) in [5.74, 6) is 3.71. The molecule has 1 aliphatic rings. The quantitative estimate of drug-likeness (QED) is 0.458. The second-order valence-electron chi connectivity index (χ2n) is 4.44. The molecular formula is C13H24N2. The Kier molecular flexibility index (Phi) is 6.47. The first-order chi connectivity index (χ1) is 7.36. The molecule has 0 aromatic heterocycles. The van der Waals surface area contributed by atoms with Gasteiger partial charge in [-0.05, 0) is 51.2 Å². The molecule has 0 saturated heterocycles. The van der Waals surface area contributed by atoms with E-state index >= 15 is 0 Å². The van der Waals surface area contributed by atoms with Gasteiger partial charge in [-0.15, -0.1) is 6.42 Å². The van der Waals surface area contributed by atoms with Crippen LogP contribution in [-0.4, -0.2) is 37.6 Å². The van der Waals surface area contributed by atoms with E-state index in [4.69, 9.17) is 6.42 Å². The van der Waals surface area contributed by atoms with Gasteiger partial charge in [0.2, 0.25) is 0 Å². The van der Waals surface area contributed by atoms with E-state index in [2.05, 4.69) is 23.1 Å². The predicted octanol–water partition coefficient (Wildman–Crippen LogP) is 1.72. The highest BCUT2D eigenvalue weighted by Gasteiger charge is 2.23. The van der Waals surface area contributed by atoms with Gasteiger partial charge in [-0.2, -0.15) is 0 Å². The molecule has 0 atom stereocenters. The van der Waals surface area contributed by atoms with Crippen LogP contribution in [0.5, 0.6) is 0 Å². The summed E-state index contributed by atoms with van der Waals surface area (Å²) >= 11 is 0. The Bertz CT molecular complexity index is 191. The van der Waals surface area contributed by atoms with Crippen molar-refractivity contribution in [3.8, 4) is 12.3 Å². The van der Waals surface area contributed by atoms with Gasteiger partial charge in [0.15, 0.2) is 0 Å². The van der Waals surface area contributed by atoms with Gasteiger partial charge >= 0.3 is 0 Å². The molecule has 0 spiro atoms. The molecule has 15 heavy (non-hydrogen) atoms. The van der Waals surface area contributed by atoms with Crippen LogP contribution in [0, 0.1) is 18.3 Å². The van der Waals surface area contributed by atoms with Gasteiger partial charge in [-0.1, -0.05) is 12.8 Å². The molecule has 0 radical (unpaired) electrons. The van der Waals surface area contributed by atoms with Crippen LogP contribution in [0.1, 0.15) is 32.6 Å². The summed E-state index contributed by atoms with van der Waals surface area (Å²) in [6, 6.07) is 0. The van der Waals surface area contributed by atoms with E-state index in [1.165, 1.54) is 38.8 Å². The minimum absolute atomic E-state index is 0.831. The smallest absolute Gasteiger partial charge is 0.0599 e. The van der Waals surface area contributed by atoms with E-state index in [1.54, 1.807) is 0 Å². The van der Waals surface area contributed by atoms with Crippen LogP contribution in [0.3, 0.4) is 0 Å². The van der Waals surface area contributed by atoms with Crippen molar-refractivity contribution >= 4 is 0 Å². The maximum Gasteiger partial charge on any atom is 0.0599 e. The highest BCUT2D eigenvalue weighted by Crippen LogP contribution is 2.29. The topological polar surface area (TPSA) is 15.3 Å². The highest BCUT2D eigenvalue weighted by molar-refractivity contribution is 4.90. The maximum absolute atomic E-state index is 5.37. The minimum atomic E-state index is 0.831. The van der Waals surface area contributed by atoms with Crippen LogP contribution < -0.4 is 5.32 Å². The molecule has 1 aliphatic carbocycles. The first-order valence-electron chi connectivity index (χ1n) is 6.23. The summed E-state index contributed by atoms with van der Waals surface area (Å²) < 4.78 is 0. The van der Waals surface area contributed by atoms with Crippen LogP contribution in [0.25, 0.3) is 0 Å². The van der Waals surface area contributed by atoms with E-state index < -0.39 is 0 Å². The van der Waals surface area contributed by atoms with Crippen molar-refractivity contribution in [2.45, 2.75) is 32.6 Å². The fourth-order valence-corrected chi connectivity index (χ4v) is 1.79. The van der Waals surface area contributed by atoms with Crippen LogP contribution in [0.2, 0.25) is 0 Å². The minimum Gasteiger partial charge on any atom is -0.317 e. The lowest BCUT2D eigenvalue weighted by Gasteiger charge is -2.19. The summed E-state index contributed by atoms with van der Waals surface area (Å²) in [5, 5.41) is 3.35. The number of hydrogen-bond donors (Lipinski definition) is 1.